The van der Waals surface area contributed by atoms with Crippen LogP contribution in [0.25, 0.3) is 11.5 Å². The molecule has 1 N–H and O–H groups in total. The lowest BCUT2D eigenvalue weighted by Crippen LogP contribution is -2.27. The molecule has 1 aromatic carbocycles. The van der Waals surface area contributed by atoms with Crippen LogP contribution in [-0.2, 0) is 17.8 Å². The molecule has 0 aliphatic rings. The monoisotopic (exact) mass is 334 g/mol. The van der Waals surface area contributed by atoms with Gasteiger partial charge in [-0.2, -0.15) is 0 Å². The first-order valence-corrected chi connectivity index (χ1v) is 8.47. The number of benzene rings is 1. The molecule has 1 amide bonds. The number of aryl methyl sites for hydroxylation is 2. The minimum Gasteiger partial charge on any atom is -0.354 e. The van der Waals surface area contributed by atoms with Crippen LogP contribution in [0.2, 0.25) is 0 Å². The van der Waals surface area contributed by atoms with Crippen LogP contribution in [0.4, 0.5) is 0 Å². The maximum Gasteiger partial charge on any atom is 0.220 e. The number of nitrogens with zero attached hydrogens (tertiary/aromatic N) is 3. The molecule has 0 fully saturated rings. The summed E-state index contributed by atoms with van der Waals surface area (Å²) in [5.74, 6) is 0.885. The van der Waals surface area contributed by atoms with Gasteiger partial charge in [-0.3, -0.25) is 9.78 Å². The lowest BCUT2D eigenvalue weighted by atomic mass is 10.1. The molecule has 2 heterocycles. The van der Waals surface area contributed by atoms with Gasteiger partial charge in [0.05, 0.1) is 0 Å². The van der Waals surface area contributed by atoms with E-state index in [1.807, 2.05) is 35.0 Å². The molecule has 25 heavy (non-hydrogen) atoms. The number of carbonyl (C=O) groups is 1. The Morgan fingerprint density at radius 2 is 2.04 bits per heavy atom. The largest absolute Gasteiger partial charge is 0.354 e. The molecule has 5 heteroatoms. The van der Waals surface area contributed by atoms with Crippen LogP contribution in [0.15, 0.2) is 61.1 Å². The first kappa shape index (κ1) is 16.9. The summed E-state index contributed by atoms with van der Waals surface area (Å²) in [5, 5.41) is 2.98. The molecule has 0 saturated carbocycles. The van der Waals surface area contributed by atoms with Gasteiger partial charge in [0.15, 0.2) is 5.82 Å². The summed E-state index contributed by atoms with van der Waals surface area (Å²) in [6.45, 7) is 3.30. The molecular weight excluding hydrogens is 312 g/mol. The van der Waals surface area contributed by atoms with Crippen molar-refractivity contribution in [3.05, 3.63) is 72.2 Å². The second-order valence-electron chi connectivity index (χ2n) is 6.00. The third kappa shape index (κ3) is 4.76. The Labute approximate surface area is 147 Å². The molecule has 0 aliphatic heterocycles. The first-order valence-electron chi connectivity index (χ1n) is 8.47. The Morgan fingerprint density at radius 1 is 1.12 bits per heavy atom. The van der Waals surface area contributed by atoms with Crippen LogP contribution in [0, 0.1) is 6.92 Å². The van der Waals surface area contributed by atoms with E-state index in [2.05, 4.69) is 40.4 Å². The van der Waals surface area contributed by atoms with E-state index in [9.17, 15) is 4.79 Å². The van der Waals surface area contributed by atoms with Crippen molar-refractivity contribution < 1.29 is 4.79 Å². The molecule has 0 saturated heterocycles. The van der Waals surface area contributed by atoms with Gasteiger partial charge < -0.3 is 9.88 Å². The Bertz CT molecular complexity index is 826. The van der Waals surface area contributed by atoms with E-state index < -0.39 is 0 Å². The molecule has 2 aromatic heterocycles. The van der Waals surface area contributed by atoms with E-state index in [0.29, 0.717) is 19.5 Å². The van der Waals surface area contributed by atoms with Crippen molar-refractivity contribution >= 4 is 5.91 Å². The Kier molecular flexibility index (Phi) is 5.57. The van der Waals surface area contributed by atoms with Crippen molar-refractivity contribution in [2.24, 2.45) is 0 Å². The highest BCUT2D eigenvalue weighted by Crippen LogP contribution is 2.13. The predicted octanol–water partition coefficient (Wildman–Crippen LogP) is 3.00. The van der Waals surface area contributed by atoms with Crippen LogP contribution in [0.3, 0.4) is 0 Å². The number of carbonyl (C=O) groups excluding carboxylic acids is 1. The number of nitrogens with one attached hydrogen (secondary N) is 1. The molecule has 5 nitrogen and oxygen atoms in total. The molecule has 3 rings (SSSR count). The van der Waals surface area contributed by atoms with Crippen LogP contribution < -0.4 is 5.32 Å². The molecule has 0 radical (unpaired) electrons. The van der Waals surface area contributed by atoms with Crippen molar-refractivity contribution in [3.63, 3.8) is 0 Å². The van der Waals surface area contributed by atoms with Gasteiger partial charge in [0.25, 0.3) is 0 Å². The number of amides is 1. The van der Waals surface area contributed by atoms with Gasteiger partial charge in [0.2, 0.25) is 5.91 Å². The predicted molar refractivity (Wildman–Crippen MR) is 98.0 cm³/mol. The van der Waals surface area contributed by atoms with Gasteiger partial charge in [0, 0.05) is 38.1 Å². The van der Waals surface area contributed by atoms with Gasteiger partial charge in [-0.15, -0.1) is 0 Å². The fraction of sp³-hybridized carbons (Fsp3) is 0.250. The van der Waals surface area contributed by atoms with E-state index >= 15 is 0 Å². The van der Waals surface area contributed by atoms with Crippen molar-refractivity contribution in [2.75, 3.05) is 6.54 Å². The fourth-order valence-electron chi connectivity index (χ4n) is 2.75. The van der Waals surface area contributed by atoms with Gasteiger partial charge in [-0.05, 0) is 31.0 Å². The Morgan fingerprint density at radius 3 is 2.84 bits per heavy atom. The van der Waals surface area contributed by atoms with Gasteiger partial charge in [-0.25, -0.2) is 4.98 Å². The summed E-state index contributed by atoms with van der Waals surface area (Å²) in [7, 11) is 0. The first-order chi connectivity index (χ1) is 12.2. The number of hydrogen-bond donors (Lipinski definition) is 1. The molecule has 0 spiro atoms. The van der Waals surface area contributed by atoms with E-state index in [1.165, 1.54) is 11.1 Å². The maximum atomic E-state index is 12.0. The van der Waals surface area contributed by atoms with Crippen molar-refractivity contribution in [1.29, 1.82) is 0 Å². The molecule has 0 atom stereocenters. The zero-order valence-electron chi connectivity index (χ0n) is 14.4. The van der Waals surface area contributed by atoms with Crippen LogP contribution >= 0.6 is 0 Å². The van der Waals surface area contributed by atoms with Crippen LogP contribution in [-0.4, -0.2) is 27.0 Å². The van der Waals surface area contributed by atoms with Crippen molar-refractivity contribution in [1.82, 2.24) is 19.9 Å². The topological polar surface area (TPSA) is 59.8 Å². The molecule has 3 aromatic rings. The second-order valence-corrected chi connectivity index (χ2v) is 6.00. The molecule has 0 unspecified atom stereocenters. The lowest BCUT2D eigenvalue weighted by molar-refractivity contribution is -0.121. The summed E-state index contributed by atoms with van der Waals surface area (Å²) in [5.41, 5.74) is 3.25. The minimum absolute atomic E-state index is 0.0704. The number of imidazole rings is 1. The number of hydrogen-bond acceptors (Lipinski definition) is 3. The van der Waals surface area contributed by atoms with Gasteiger partial charge in [0.1, 0.15) is 5.69 Å². The third-order valence-corrected chi connectivity index (χ3v) is 4.01. The average molecular weight is 334 g/mol. The molecule has 128 valence electrons. The van der Waals surface area contributed by atoms with Crippen LogP contribution in [0.1, 0.15) is 17.5 Å². The zero-order chi connectivity index (χ0) is 17.5. The van der Waals surface area contributed by atoms with Crippen molar-refractivity contribution in [3.8, 4) is 11.5 Å². The summed E-state index contributed by atoms with van der Waals surface area (Å²) in [4.78, 5) is 20.7. The summed E-state index contributed by atoms with van der Waals surface area (Å²) in [6, 6.07) is 14.0. The highest BCUT2D eigenvalue weighted by atomic mass is 16.1. The molecular formula is C20H22N4O. The van der Waals surface area contributed by atoms with Crippen LogP contribution in [0.5, 0.6) is 0 Å². The minimum atomic E-state index is 0.0704. The Balaban J connectivity index is 1.47. The summed E-state index contributed by atoms with van der Waals surface area (Å²) in [6.07, 6.45) is 6.67. The Hall–Kier alpha value is -2.95. The van der Waals surface area contributed by atoms with Crippen molar-refractivity contribution in [2.45, 2.75) is 26.3 Å². The maximum absolute atomic E-state index is 12.0. The van der Waals surface area contributed by atoms with E-state index in [0.717, 1.165) is 17.9 Å². The molecule has 0 bridgehead atoms. The van der Waals surface area contributed by atoms with E-state index in [1.54, 1.807) is 12.4 Å². The number of pyridine rings is 1. The number of rotatable bonds is 7. The smallest absolute Gasteiger partial charge is 0.220 e. The number of aromatic nitrogens is 3. The highest BCUT2D eigenvalue weighted by molar-refractivity contribution is 5.76. The average Bonchev–Trinajstić information content (AvgIpc) is 3.09. The highest BCUT2D eigenvalue weighted by Gasteiger charge is 2.07. The van der Waals surface area contributed by atoms with Gasteiger partial charge >= 0.3 is 0 Å². The molecule has 0 aliphatic carbocycles. The summed E-state index contributed by atoms with van der Waals surface area (Å²) >= 11 is 0. The SMILES string of the molecule is Cc1cccc(CCC(=O)NCCn2ccnc2-c2ccccn2)c1. The standard InChI is InChI=1S/C20H22N4O/c1-16-5-4-6-17(15-16)8-9-19(25)22-11-13-24-14-12-23-20(24)18-7-2-3-10-21-18/h2-7,10,12,14-15H,8-9,11,13H2,1H3,(H,22,25). The quantitative estimate of drug-likeness (QED) is 0.722. The van der Waals surface area contributed by atoms with E-state index in [4.69, 9.17) is 0 Å². The third-order valence-electron chi connectivity index (χ3n) is 4.01. The zero-order valence-corrected chi connectivity index (χ0v) is 14.4. The van der Waals surface area contributed by atoms with Gasteiger partial charge in [-0.1, -0.05) is 35.9 Å². The lowest BCUT2D eigenvalue weighted by Gasteiger charge is -2.09. The fourth-order valence-corrected chi connectivity index (χ4v) is 2.75. The second kappa shape index (κ2) is 8.24. The van der Waals surface area contributed by atoms with E-state index in [-0.39, 0.29) is 5.91 Å². The normalized spacial score (nSPS) is 10.6. The summed E-state index contributed by atoms with van der Waals surface area (Å²) < 4.78 is 2.00.